The van der Waals surface area contributed by atoms with Crippen LogP contribution in [0.3, 0.4) is 0 Å². The molecule has 3 rings (SSSR count). The normalized spacial score (nSPS) is 22.0. The molecule has 0 spiro atoms. The van der Waals surface area contributed by atoms with Crippen LogP contribution in [-0.2, 0) is 28.6 Å². The average Bonchev–Trinajstić information content (AvgIpc) is 3.66. The van der Waals surface area contributed by atoms with Crippen LogP contribution in [0.4, 0.5) is 0 Å². The summed E-state index contributed by atoms with van der Waals surface area (Å²) in [6, 6.07) is 4.03. The Morgan fingerprint density at radius 1 is 0.944 bits per heavy atom. The third-order valence-electron chi connectivity index (χ3n) is 5.34. The second-order valence-corrected chi connectivity index (χ2v) is 7.71. The molecule has 1 saturated heterocycles. The molecule has 0 bridgehead atoms. The number of hydrogen-bond acceptors (Lipinski definition) is 9. The zero-order valence-electron chi connectivity index (χ0n) is 19.6. The van der Waals surface area contributed by atoms with Crippen molar-refractivity contribution in [2.24, 2.45) is 11.8 Å². The van der Waals surface area contributed by atoms with Crippen molar-refractivity contribution in [3.63, 3.8) is 0 Å². The molecular weight excluding hydrogens is 468 g/mol. The van der Waals surface area contributed by atoms with Crippen molar-refractivity contribution in [1.29, 1.82) is 0 Å². The van der Waals surface area contributed by atoms with E-state index in [0.29, 0.717) is 0 Å². The molecule has 0 saturated carbocycles. The van der Waals surface area contributed by atoms with Gasteiger partial charge in [-0.25, -0.2) is 14.4 Å². The van der Waals surface area contributed by atoms with Gasteiger partial charge in [0.1, 0.15) is 12.4 Å². The molecule has 0 amide bonds. The Bertz CT molecular complexity index is 1210. The Labute approximate surface area is 207 Å². The van der Waals surface area contributed by atoms with Crippen LogP contribution in [0, 0.1) is 11.8 Å². The lowest BCUT2D eigenvalue weighted by atomic mass is 9.82. The van der Waals surface area contributed by atoms with Gasteiger partial charge in [0, 0.05) is 29.7 Å². The lowest BCUT2D eigenvalue weighted by molar-refractivity contribution is -0.134. The van der Waals surface area contributed by atoms with E-state index < -0.39 is 35.5 Å². The van der Waals surface area contributed by atoms with Gasteiger partial charge in [-0.15, -0.1) is 0 Å². The maximum Gasteiger partial charge on any atom is 0.335 e. The van der Waals surface area contributed by atoms with Crippen molar-refractivity contribution >= 4 is 23.7 Å². The number of allylic oxidation sites excluding steroid dienone is 3. The minimum absolute atomic E-state index is 0.0831. The van der Waals surface area contributed by atoms with Gasteiger partial charge in [-0.1, -0.05) is 39.3 Å². The molecule has 1 fully saturated rings. The second kappa shape index (κ2) is 10.8. The molecule has 3 atom stereocenters. The number of ketones is 1. The predicted octanol–water partition coefficient (Wildman–Crippen LogP) is 3.74. The van der Waals surface area contributed by atoms with Gasteiger partial charge in [-0.05, 0) is 30.4 Å². The quantitative estimate of drug-likeness (QED) is 0.114. The van der Waals surface area contributed by atoms with Crippen LogP contribution in [0.2, 0.25) is 0 Å². The number of epoxide rings is 1. The first-order valence-corrected chi connectivity index (χ1v) is 10.8. The minimum atomic E-state index is -1.07. The van der Waals surface area contributed by atoms with Crippen LogP contribution in [0.25, 0.3) is 0 Å². The predicted molar refractivity (Wildman–Crippen MR) is 128 cm³/mol. The first kappa shape index (κ1) is 26.1. The number of Topliss-reactive ketones (excluding diaryl/α,β-unsaturated/α-hetero) is 1. The van der Waals surface area contributed by atoms with Crippen molar-refractivity contribution in [3.8, 4) is 11.5 Å². The molecule has 0 N–H and O–H groups in total. The number of carbonyl (C=O) groups excluding carboxylic acids is 4. The van der Waals surface area contributed by atoms with E-state index in [9.17, 15) is 19.2 Å². The highest BCUT2D eigenvalue weighted by Crippen LogP contribution is 2.41. The molecule has 1 aliphatic heterocycles. The first-order valence-electron chi connectivity index (χ1n) is 10.8. The van der Waals surface area contributed by atoms with Crippen LogP contribution in [0.15, 0.2) is 92.5 Å². The Morgan fingerprint density at radius 3 is 2.08 bits per heavy atom. The van der Waals surface area contributed by atoms with Crippen LogP contribution < -0.4 is 9.47 Å². The van der Waals surface area contributed by atoms with E-state index in [4.69, 9.17) is 23.7 Å². The lowest BCUT2D eigenvalue weighted by Gasteiger charge is -2.29. The molecule has 0 radical (unpaired) electrons. The summed E-state index contributed by atoms with van der Waals surface area (Å²) in [5.41, 5.74) is 0.161. The fourth-order valence-corrected chi connectivity index (χ4v) is 3.31. The Balaban J connectivity index is 1.94. The van der Waals surface area contributed by atoms with Gasteiger partial charge in [0.05, 0.1) is 5.92 Å². The van der Waals surface area contributed by atoms with E-state index in [-0.39, 0.29) is 41.0 Å². The maximum absolute atomic E-state index is 13.5. The summed E-state index contributed by atoms with van der Waals surface area (Å²) in [7, 11) is 0. The molecule has 9 nitrogen and oxygen atoms in total. The average molecular weight is 492 g/mol. The smallest absolute Gasteiger partial charge is 0.335 e. The fourth-order valence-electron chi connectivity index (χ4n) is 3.31. The summed E-state index contributed by atoms with van der Waals surface area (Å²) in [4.78, 5) is 48.8. The SMILES string of the molecule is C=CC(=O)OC1=C(OC2(C=C)CO2)C(C)C(C(=O)c2ccc(OC(=O)C=C)c(OC(=O)C=C)c2)C=C1. The maximum atomic E-state index is 13.5. The van der Waals surface area contributed by atoms with E-state index in [1.165, 1.54) is 30.4 Å². The molecule has 9 heteroatoms. The standard InChI is InChI=1S/C27H24O9/c1-6-22(28)33-19-12-10-17(14-21(19)35-24(30)8-3)25(31)18-11-13-20(34-23(29)7-2)26(16(18)5)36-27(9-4)15-32-27/h6-14,16,18H,1-4,15H2,5H3. The Morgan fingerprint density at radius 2 is 1.53 bits per heavy atom. The van der Waals surface area contributed by atoms with Gasteiger partial charge in [0.2, 0.25) is 0 Å². The molecule has 1 aromatic rings. The van der Waals surface area contributed by atoms with Crippen molar-refractivity contribution in [3.05, 3.63) is 98.1 Å². The van der Waals surface area contributed by atoms with Gasteiger partial charge in [0.15, 0.2) is 23.0 Å². The van der Waals surface area contributed by atoms with E-state index in [1.54, 1.807) is 13.0 Å². The van der Waals surface area contributed by atoms with Gasteiger partial charge in [0.25, 0.3) is 5.79 Å². The fraction of sp³-hybridized carbons (Fsp3) is 0.185. The number of esters is 3. The van der Waals surface area contributed by atoms with Crippen molar-refractivity contribution < 1.29 is 42.9 Å². The van der Waals surface area contributed by atoms with Crippen molar-refractivity contribution in [1.82, 2.24) is 0 Å². The third-order valence-corrected chi connectivity index (χ3v) is 5.34. The summed E-state index contributed by atoms with van der Waals surface area (Å²) < 4.78 is 26.8. The summed E-state index contributed by atoms with van der Waals surface area (Å²) in [5.74, 6) is -4.97. The second-order valence-electron chi connectivity index (χ2n) is 7.71. The summed E-state index contributed by atoms with van der Waals surface area (Å²) in [6.45, 7) is 15.7. The number of ether oxygens (including phenoxy) is 5. The number of carbonyl (C=O) groups is 4. The highest BCUT2D eigenvalue weighted by molar-refractivity contribution is 6.00. The summed E-state index contributed by atoms with van der Waals surface area (Å²) in [6.07, 6.45) is 7.37. The number of benzene rings is 1. The number of hydrogen-bond donors (Lipinski definition) is 0. The van der Waals surface area contributed by atoms with E-state index in [2.05, 4.69) is 26.3 Å². The highest BCUT2D eigenvalue weighted by atomic mass is 16.8. The molecule has 0 aromatic heterocycles. The molecular formula is C27H24O9. The largest absolute Gasteiger partial charge is 0.456 e. The van der Waals surface area contributed by atoms with Gasteiger partial charge >= 0.3 is 17.9 Å². The summed E-state index contributed by atoms with van der Waals surface area (Å²) in [5, 5.41) is 0. The monoisotopic (exact) mass is 492 g/mol. The minimum Gasteiger partial charge on any atom is -0.456 e. The van der Waals surface area contributed by atoms with Crippen LogP contribution in [0.5, 0.6) is 11.5 Å². The Kier molecular flexibility index (Phi) is 7.86. The Hall–Kier alpha value is -4.50. The topological polar surface area (TPSA) is 118 Å². The van der Waals surface area contributed by atoms with Crippen molar-refractivity contribution in [2.45, 2.75) is 12.7 Å². The zero-order valence-corrected chi connectivity index (χ0v) is 19.6. The molecule has 1 heterocycles. The summed E-state index contributed by atoms with van der Waals surface area (Å²) >= 11 is 0. The van der Waals surface area contributed by atoms with E-state index in [0.717, 1.165) is 18.2 Å². The third kappa shape index (κ3) is 5.76. The van der Waals surface area contributed by atoms with Crippen molar-refractivity contribution in [2.75, 3.05) is 6.61 Å². The van der Waals surface area contributed by atoms with Gasteiger partial charge in [-0.3, -0.25) is 4.79 Å². The van der Waals surface area contributed by atoms with E-state index in [1.807, 2.05) is 0 Å². The van der Waals surface area contributed by atoms with Crippen LogP contribution in [0.1, 0.15) is 17.3 Å². The van der Waals surface area contributed by atoms with Gasteiger partial charge < -0.3 is 23.7 Å². The van der Waals surface area contributed by atoms with Crippen LogP contribution in [-0.4, -0.2) is 36.1 Å². The van der Waals surface area contributed by atoms with Gasteiger partial charge in [-0.2, -0.15) is 0 Å². The van der Waals surface area contributed by atoms with Crippen LogP contribution >= 0.6 is 0 Å². The number of rotatable bonds is 11. The highest BCUT2D eigenvalue weighted by Gasteiger charge is 2.48. The molecule has 186 valence electrons. The zero-order chi connectivity index (χ0) is 26.5. The first-order chi connectivity index (χ1) is 17.2. The molecule has 2 aliphatic rings. The molecule has 1 aliphatic carbocycles. The molecule has 36 heavy (non-hydrogen) atoms. The lowest BCUT2D eigenvalue weighted by Crippen LogP contribution is -2.29. The molecule has 1 aromatic carbocycles. The van der Waals surface area contributed by atoms with E-state index >= 15 is 0 Å². The molecule has 3 unspecified atom stereocenters.